The number of halogens is 2. The fraction of sp³-hybridized carbons (Fsp3) is 0.579. The number of rotatable bonds is 5. The summed E-state index contributed by atoms with van der Waals surface area (Å²) in [6, 6.07) is 5.00. The zero-order chi connectivity index (χ0) is 18.5. The Morgan fingerprint density at radius 3 is 2.35 bits per heavy atom. The molecule has 2 amide bonds. The van der Waals surface area contributed by atoms with Gasteiger partial charge in [-0.1, -0.05) is 23.2 Å². The van der Waals surface area contributed by atoms with Crippen LogP contribution in [0.4, 0.5) is 5.69 Å². The van der Waals surface area contributed by atoms with Gasteiger partial charge in [0.2, 0.25) is 11.8 Å². The molecule has 1 aliphatic carbocycles. The third kappa shape index (κ3) is 5.12. The molecule has 142 valence electrons. The van der Waals surface area contributed by atoms with Crippen molar-refractivity contribution >= 4 is 40.7 Å². The van der Waals surface area contributed by atoms with Crippen LogP contribution < -0.4 is 10.6 Å². The number of carbonyl (C=O) groups excluding carboxylic acids is 2. The van der Waals surface area contributed by atoms with Gasteiger partial charge in [0, 0.05) is 30.0 Å². The van der Waals surface area contributed by atoms with Crippen molar-refractivity contribution in [2.45, 2.75) is 44.6 Å². The lowest BCUT2D eigenvalue weighted by atomic mass is 9.81. The van der Waals surface area contributed by atoms with Crippen LogP contribution in [0.1, 0.15) is 38.5 Å². The maximum atomic E-state index is 12.5. The van der Waals surface area contributed by atoms with E-state index in [9.17, 15) is 9.59 Å². The molecule has 3 rings (SSSR count). The van der Waals surface area contributed by atoms with E-state index in [1.807, 2.05) is 0 Å². The van der Waals surface area contributed by atoms with Crippen molar-refractivity contribution in [3.8, 4) is 0 Å². The Kier molecular flexibility index (Phi) is 6.79. The Labute approximate surface area is 163 Å². The summed E-state index contributed by atoms with van der Waals surface area (Å²) >= 11 is 12.0. The molecule has 7 heteroatoms. The molecule has 2 aliphatic rings. The molecule has 0 aromatic heterocycles. The number of nitrogens with one attached hydrogen (secondary N) is 2. The second kappa shape index (κ2) is 9.07. The molecule has 2 N–H and O–H groups in total. The van der Waals surface area contributed by atoms with Gasteiger partial charge < -0.3 is 15.4 Å². The number of carbonyl (C=O) groups is 2. The summed E-state index contributed by atoms with van der Waals surface area (Å²) in [6.45, 7) is 1.38. The molecule has 1 saturated carbocycles. The summed E-state index contributed by atoms with van der Waals surface area (Å²) in [6.07, 6.45) is 5.10. The number of hydrogen-bond donors (Lipinski definition) is 2. The topological polar surface area (TPSA) is 67.4 Å². The van der Waals surface area contributed by atoms with E-state index >= 15 is 0 Å². The highest BCUT2D eigenvalue weighted by Crippen LogP contribution is 2.31. The van der Waals surface area contributed by atoms with E-state index < -0.39 is 0 Å². The van der Waals surface area contributed by atoms with Crippen LogP contribution in [0.2, 0.25) is 10.0 Å². The Balaban J connectivity index is 1.43. The number of amides is 2. The average molecular weight is 399 g/mol. The third-order valence-electron chi connectivity index (χ3n) is 5.19. The summed E-state index contributed by atoms with van der Waals surface area (Å²) in [5, 5.41) is 6.82. The minimum atomic E-state index is -0.0936. The monoisotopic (exact) mass is 398 g/mol. The molecule has 1 saturated heterocycles. The van der Waals surface area contributed by atoms with E-state index in [4.69, 9.17) is 27.9 Å². The normalized spacial score (nSPS) is 25.7. The summed E-state index contributed by atoms with van der Waals surface area (Å²) in [5.41, 5.74) is 0.567. The molecule has 2 fully saturated rings. The molecule has 1 aromatic rings. The molecule has 1 unspecified atom stereocenters. The Morgan fingerprint density at radius 2 is 1.73 bits per heavy atom. The van der Waals surface area contributed by atoms with Crippen LogP contribution in [0.25, 0.3) is 0 Å². The number of ether oxygens (including phenoxy) is 1. The molecular formula is C19H24Cl2N2O3. The van der Waals surface area contributed by atoms with Crippen molar-refractivity contribution in [3.63, 3.8) is 0 Å². The molecule has 1 aliphatic heterocycles. The summed E-state index contributed by atoms with van der Waals surface area (Å²) in [5.74, 6) is -0.0731. The molecule has 1 atom stereocenters. The van der Waals surface area contributed by atoms with E-state index in [0.717, 1.165) is 32.3 Å². The van der Waals surface area contributed by atoms with Crippen LogP contribution in [-0.2, 0) is 14.3 Å². The van der Waals surface area contributed by atoms with Gasteiger partial charge in [0.15, 0.2) is 0 Å². The first-order chi connectivity index (χ1) is 12.5. The first-order valence-corrected chi connectivity index (χ1v) is 9.93. The molecular weight excluding hydrogens is 375 g/mol. The summed E-state index contributed by atoms with van der Waals surface area (Å²) in [7, 11) is 0. The number of benzene rings is 1. The van der Waals surface area contributed by atoms with E-state index in [2.05, 4.69) is 10.6 Å². The molecule has 5 nitrogen and oxygen atoms in total. The van der Waals surface area contributed by atoms with Crippen LogP contribution >= 0.6 is 23.2 Å². The Bertz CT molecular complexity index is 654. The van der Waals surface area contributed by atoms with Crippen LogP contribution in [0, 0.1) is 11.8 Å². The smallest absolute Gasteiger partial charge is 0.227 e. The molecule has 0 radical (unpaired) electrons. The van der Waals surface area contributed by atoms with Crippen molar-refractivity contribution in [2.75, 3.05) is 18.5 Å². The first kappa shape index (κ1) is 19.5. The van der Waals surface area contributed by atoms with Crippen LogP contribution in [0.3, 0.4) is 0 Å². The minimum Gasteiger partial charge on any atom is -0.376 e. The van der Waals surface area contributed by atoms with Gasteiger partial charge in [-0.2, -0.15) is 0 Å². The molecule has 0 bridgehead atoms. The van der Waals surface area contributed by atoms with Crippen molar-refractivity contribution in [1.82, 2.24) is 5.32 Å². The van der Waals surface area contributed by atoms with E-state index in [0.29, 0.717) is 35.1 Å². The maximum absolute atomic E-state index is 12.5. The molecule has 0 spiro atoms. The number of hydrogen-bond acceptors (Lipinski definition) is 3. The van der Waals surface area contributed by atoms with E-state index in [-0.39, 0.29) is 29.8 Å². The van der Waals surface area contributed by atoms with Crippen molar-refractivity contribution in [2.24, 2.45) is 11.8 Å². The standard InChI is InChI=1S/C19H24Cl2N2O3/c20-14-7-8-17(16(21)10-14)23-19(25)13-5-3-12(4-6-13)18(24)22-11-15-2-1-9-26-15/h7-8,10,12-13,15H,1-6,9,11H2,(H,22,24)(H,23,25). The molecule has 26 heavy (non-hydrogen) atoms. The highest BCUT2D eigenvalue weighted by Gasteiger charge is 2.30. The van der Waals surface area contributed by atoms with Gasteiger partial charge in [0.1, 0.15) is 0 Å². The Morgan fingerprint density at radius 1 is 1.04 bits per heavy atom. The first-order valence-electron chi connectivity index (χ1n) is 9.18. The van der Waals surface area contributed by atoms with Gasteiger partial charge in [0.05, 0.1) is 16.8 Å². The van der Waals surface area contributed by atoms with Gasteiger partial charge in [-0.3, -0.25) is 9.59 Å². The minimum absolute atomic E-state index is 0.0143. The van der Waals surface area contributed by atoms with Gasteiger partial charge in [-0.15, -0.1) is 0 Å². The van der Waals surface area contributed by atoms with Gasteiger partial charge in [0.25, 0.3) is 0 Å². The highest BCUT2D eigenvalue weighted by atomic mass is 35.5. The second-order valence-electron chi connectivity index (χ2n) is 7.04. The summed E-state index contributed by atoms with van der Waals surface area (Å²) in [4.78, 5) is 24.8. The summed E-state index contributed by atoms with van der Waals surface area (Å²) < 4.78 is 5.53. The van der Waals surface area contributed by atoms with Crippen LogP contribution in [0.15, 0.2) is 18.2 Å². The van der Waals surface area contributed by atoms with Gasteiger partial charge >= 0.3 is 0 Å². The van der Waals surface area contributed by atoms with Crippen LogP contribution in [0.5, 0.6) is 0 Å². The van der Waals surface area contributed by atoms with Gasteiger partial charge in [-0.05, 0) is 56.7 Å². The quantitative estimate of drug-likeness (QED) is 0.786. The van der Waals surface area contributed by atoms with Gasteiger partial charge in [-0.25, -0.2) is 0 Å². The third-order valence-corrected chi connectivity index (χ3v) is 5.73. The van der Waals surface area contributed by atoms with Crippen molar-refractivity contribution < 1.29 is 14.3 Å². The largest absolute Gasteiger partial charge is 0.376 e. The number of anilines is 1. The molecule has 1 heterocycles. The average Bonchev–Trinajstić information content (AvgIpc) is 3.15. The van der Waals surface area contributed by atoms with E-state index in [1.165, 1.54) is 0 Å². The van der Waals surface area contributed by atoms with Crippen molar-refractivity contribution in [3.05, 3.63) is 28.2 Å². The SMILES string of the molecule is O=C(NCC1CCCO1)C1CCC(C(=O)Nc2ccc(Cl)cc2Cl)CC1. The molecule has 1 aromatic carbocycles. The zero-order valence-electron chi connectivity index (χ0n) is 14.6. The second-order valence-corrected chi connectivity index (χ2v) is 7.89. The lowest BCUT2D eigenvalue weighted by Gasteiger charge is -2.27. The lowest BCUT2D eigenvalue weighted by Crippen LogP contribution is -2.38. The van der Waals surface area contributed by atoms with Crippen molar-refractivity contribution in [1.29, 1.82) is 0 Å². The fourth-order valence-corrected chi connectivity index (χ4v) is 4.06. The predicted octanol–water partition coefficient (Wildman–Crippen LogP) is 4.03. The Hall–Kier alpha value is -1.30. The zero-order valence-corrected chi connectivity index (χ0v) is 16.1. The van der Waals surface area contributed by atoms with Crippen LogP contribution in [-0.4, -0.2) is 31.1 Å². The lowest BCUT2D eigenvalue weighted by molar-refractivity contribution is -0.128. The highest BCUT2D eigenvalue weighted by molar-refractivity contribution is 6.36. The predicted molar refractivity (Wildman–Crippen MR) is 103 cm³/mol. The fourth-order valence-electron chi connectivity index (χ4n) is 3.61. The van der Waals surface area contributed by atoms with E-state index in [1.54, 1.807) is 18.2 Å². The maximum Gasteiger partial charge on any atom is 0.227 e.